The molecule has 1 N–H and O–H groups in total. The summed E-state index contributed by atoms with van der Waals surface area (Å²) in [6, 6.07) is 10.6. The number of hydrogen-bond acceptors (Lipinski definition) is 6. The van der Waals surface area contributed by atoms with Gasteiger partial charge in [0.2, 0.25) is 5.91 Å². The molecule has 4 rings (SSSR count). The van der Waals surface area contributed by atoms with Crippen molar-refractivity contribution >= 4 is 45.1 Å². The van der Waals surface area contributed by atoms with Gasteiger partial charge in [-0.05, 0) is 47.9 Å². The number of amides is 1. The van der Waals surface area contributed by atoms with Crippen LogP contribution in [-0.4, -0.2) is 26.0 Å². The van der Waals surface area contributed by atoms with Crippen molar-refractivity contribution in [1.82, 2.24) is 14.3 Å². The molecule has 2 aromatic heterocycles. The van der Waals surface area contributed by atoms with Crippen molar-refractivity contribution in [2.24, 2.45) is 0 Å². The number of nitrogens with one attached hydrogen (secondary N) is 1. The maximum absolute atomic E-state index is 13.2. The predicted octanol–water partition coefficient (Wildman–Crippen LogP) is 5.64. The van der Waals surface area contributed by atoms with E-state index in [4.69, 9.17) is 0 Å². The number of thioether (sulfide) groups is 1. The van der Waals surface area contributed by atoms with Crippen LogP contribution in [0.2, 0.25) is 0 Å². The lowest BCUT2D eigenvalue weighted by atomic mass is 10.1. The Morgan fingerprint density at radius 2 is 1.81 bits per heavy atom. The minimum atomic E-state index is -4.57. The van der Waals surface area contributed by atoms with Crippen LogP contribution < -0.4 is 5.32 Å². The largest absolute Gasteiger partial charge is 0.418 e. The Morgan fingerprint density at radius 1 is 1.06 bits per heavy atom. The Morgan fingerprint density at radius 3 is 2.55 bits per heavy atom. The second kappa shape index (κ2) is 8.60. The zero-order valence-corrected chi connectivity index (χ0v) is 17.1. The summed E-state index contributed by atoms with van der Waals surface area (Å²) in [5.41, 5.74) is 0.586. The summed E-state index contributed by atoms with van der Waals surface area (Å²) >= 11 is 2.20. The van der Waals surface area contributed by atoms with Crippen LogP contribution in [-0.2, 0) is 11.0 Å². The van der Waals surface area contributed by atoms with Crippen LogP contribution in [0.25, 0.3) is 21.5 Å². The first-order valence-corrected chi connectivity index (χ1v) is 10.5. The van der Waals surface area contributed by atoms with Crippen LogP contribution in [0.5, 0.6) is 0 Å². The summed E-state index contributed by atoms with van der Waals surface area (Å²) in [5.74, 6) is -1.12. The number of aromatic nitrogens is 3. The molecule has 0 atom stereocenters. The first kappa shape index (κ1) is 21.2. The number of fused-ring (bicyclic) bond motifs is 1. The molecule has 0 unspecified atom stereocenters. The lowest BCUT2D eigenvalue weighted by Gasteiger charge is -2.13. The van der Waals surface area contributed by atoms with E-state index in [1.807, 2.05) is 0 Å². The summed E-state index contributed by atoms with van der Waals surface area (Å²) < 4.78 is 57.4. The van der Waals surface area contributed by atoms with E-state index in [-0.39, 0.29) is 17.3 Å². The van der Waals surface area contributed by atoms with Crippen molar-refractivity contribution < 1.29 is 22.4 Å². The zero-order valence-electron chi connectivity index (χ0n) is 15.5. The number of benzene rings is 2. The highest BCUT2D eigenvalue weighted by Gasteiger charge is 2.33. The Bertz CT molecular complexity index is 1240. The fourth-order valence-corrected chi connectivity index (χ4v) is 4.52. The molecular formula is C20H12F4N4OS2. The number of alkyl halides is 3. The SMILES string of the molecule is O=C(CSc1ncnc2c(-c3ccc(F)cc3)nsc12)Nc1ccccc1C(F)(F)F. The number of halogens is 4. The van der Waals surface area contributed by atoms with Gasteiger partial charge in [0.15, 0.2) is 0 Å². The molecule has 0 saturated heterocycles. The van der Waals surface area contributed by atoms with Gasteiger partial charge >= 0.3 is 6.18 Å². The molecule has 0 aliphatic heterocycles. The Kier molecular flexibility index (Phi) is 5.88. The predicted molar refractivity (Wildman–Crippen MR) is 111 cm³/mol. The van der Waals surface area contributed by atoms with E-state index in [9.17, 15) is 22.4 Å². The standard InChI is InChI=1S/C20H12F4N4OS2/c21-12-7-5-11(6-8-12)16-17-18(31-28-16)19(26-10-25-17)30-9-15(29)27-14-4-2-1-3-13(14)20(22,23)24/h1-8,10H,9H2,(H,27,29). The Hall–Kier alpha value is -3.05. The van der Waals surface area contributed by atoms with Crippen LogP contribution in [0.4, 0.5) is 23.2 Å². The molecule has 31 heavy (non-hydrogen) atoms. The number of rotatable bonds is 5. The Balaban J connectivity index is 1.51. The maximum atomic E-state index is 13.2. The zero-order chi connectivity index (χ0) is 22.0. The highest BCUT2D eigenvalue weighted by Crippen LogP contribution is 2.36. The lowest BCUT2D eigenvalue weighted by Crippen LogP contribution is -2.18. The van der Waals surface area contributed by atoms with E-state index in [2.05, 4.69) is 19.7 Å². The van der Waals surface area contributed by atoms with E-state index < -0.39 is 17.6 Å². The molecule has 0 spiro atoms. The first-order chi connectivity index (χ1) is 14.8. The Labute approximate surface area is 181 Å². The van der Waals surface area contributed by atoms with Crippen molar-refractivity contribution in [3.63, 3.8) is 0 Å². The monoisotopic (exact) mass is 464 g/mol. The van der Waals surface area contributed by atoms with Crippen molar-refractivity contribution in [3.05, 3.63) is 66.2 Å². The fraction of sp³-hybridized carbons (Fsp3) is 0.100. The first-order valence-electron chi connectivity index (χ1n) is 8.78. The van der Waals surface area contributed by atoms with E-state index in [0.717, 1.165) is 29.4 Å². The highest BCUT2D eigenvalue weighted by atomic mass is 32.2. The van der Waals surface area contributed by atoms with Crippen molar-refractivity contribution in [2.75, 3.05) is 11.1 Å². The molecule has 2 aromatic carbocycles. The van der Waals surface area contributed by atoms with Crippen molar-refractivity contribution in [3.8, 4) is 11.3 Å². The van der Waals surface area contributed by atoms with Crippen LogP contribution >= 0.6 is 23.3 Å². The molecule has 11 heteroatoms. The molecule has 0 radical (unpaired) electrons. The smallest absolute Gasteiger partial charge is 0.325 e. The molecule has 0 saturated carbocycles. The summed E-state index contributed by atoms with van der Waals surface area (Å²) in [6.07, 6.45) is -3.25. The molecule has 0 bridgehead atoms. The van der Waals surface area contributed by atoms with Gasteiger partial charge in [-0.1, -0.05) is 23.9 Å². The van der Waals surface area contributed by atoms with Crippen LogP contribution in [0.3, 0.4) is 0 Å². The van der Waals surface area contributed by atoms with Gasteiger partial charge in [0.05, 0.1) is 17.0 Å². The van der Waals surface area contributed by atoms with Crippen LogP contribution in [0.15, 0.2) is 59.9 Å². The lowest BCUT2D eigenvalue weighted by molar-refractivity contribution is -0.137. The van der Waals surface area contributed by atoms with Crippen LogP contribution in [0, 0.1) is 5.82 Å². The number of anilines is 1. The van der Waals surface area contributed by atoms with Gasteiger partial charge in [-0.3, -0.25) is 4.79 Å². The molecule has 0 fully saturated rings. The molecule has 4 aromatic rings. The molecule has 0 aliphatic carbocycles. The topological polar surface area (TPSA) is 67.8 Å². The molecule has 158 valence electrons. The number of carbonyl (C=O) groups excluding carboxylic acids is 1. The number of hydrogen-bond donors (Lipinski definition) is 1. The van der Waals surface area contributed by atoms with Crippen LogP contribution in [0.1, 0.15) is 5.56 Å². The average molecular weight is 464 g/mol. The summed E-state index contributed by atoms with van der Waals surface area (Å²) in [5, 5.41) is 2.78. The van der Waals surface area contributed by atoms with E-state index in [1.165, 1.54) is 36.7 Å². The van der Waals surface area contributed by atoms with Gasteiger partial charge in [-0.2, -0.15) is 17.5 Å². The fourth-order valence-electron chi connectivity index (χ4n) is 2.80. The van der Waals surface area contributed by atoms with Gasteiger partial charge in [-0.15, -0.1) is 0 Å². The quantitative estimate of drug-likeness (QED) is 0.235. The summed E-state index contributed by atoms with van der Waals surface area (Å²) in [4.78, 5) is 20.7. The van der Waals surface area contributed by atoms with Gasteiger partial charge in [0.25, 0.3) is 0 Å². The average Bonchev–Trinajstić information content (AvgIpc) is 3.17. The summed E-state index contributed by atoms with van der Waals surface area (Å²) in [7, 11) is 0. The molecule has 1 amide bonds. The highest BCUT2D eigenvalue weighted by molar-refractivity contribution is 8.00. The van der Waals surface area contributed by atoms with Gasteiger partial charge in [0, 0.05) is 5.56 Å². The molecular weight excluding hydrogens is 452 g/mol. The number of para-hydroxylation sites is 1. The normalized spacial score (nSPS) is 11.6. The van der Waals surface area contributed by atoms with Gasteiger partial charge in [0.1, 0.15) is 33.1 Å². The van der Waals surface area contributed by atoms with E-state index in [1.54, 1.807) is 12.1 Å². The van der Waals surface area contributed by atoms with Crippen molar-refractivity contribution in [2.45, 2.75) is 11.2 Å². The van der Waals surface area contributed by atoms with Gasteiger partial charge in [-0.25, -0.2) is 14.4 Å². The maximum Gasteiger partial charge on any atom is 0.418 e. The number of carbonyl (C=O) groups is 1. The third kappa shape index (κ3) is 4.67. The number of nitrogens with zero attached hydrogens (tertiary/aromatic N) is 3. The minimum absolute atomic E-state index is 0.151. The van der Waals surface area contributed by atoms with Crippen molar-refractivity contribution in [1.29, 1.82) is 0 Å². The molecule has 0 aliphatic rings. The van der Waals surface area contributed by atoms with E-state index >= 15 is 0 Å². The summed E-state index contributed by atoms with van der Waals surface area (Å²) in [6.45, 7) is 0. The second-order valence-corrected chi connectivity index (χ2v) is 8.01. The third-order valence-electron chi connectivity index (χ3n) is 4.19. The molecule has 5 nitrogen and oxygen atoms in total. The van der Waals surface area contributed by atoms with Gasteiger partial charge < -0.3 is 5.32 Å². The van der Waals surface area contributed by atoms with E-state index in [0.29, 0.717) is 26.5 Å². The third-order valence-corrected chi connectivity index (χ3v) is 6.15. The minimum Gasteiger partial charge on any atom is -0.325 e. The molecule has 2 heterocycles. The second-order valence-electron chi connectivity index (χ2n) is 6.27.